The van der Waals surface area contributed by atoms with E-state index < -0.39 is 10.0 Å². The van der Waals surface area contributed by atoms with E-state index in [4.69, 9.17) is 11.6 Å². The van der Waals surface area contributed by atoms with Crippen LogP contribution in [0.2, 0.25) is 5.15 Å². The van der Waals surface area contributed by atoms with E-state index in [2.05, 4.69) is 11.6 Å². The Morgan fingerprint density at radius 1 is 1.52 bits per heavy atom. The van der Waals surface area contributed by atoms with Crippen molar-refractivity contribution >= 4 is 37.9 Å². The van der Waals surface area contributed by atoms with Gasteiger partial charge in [0, 0.05) is 24.2 Å². The summed E-state index contributed by atoms with van der Waals surface area (Å²) in [5.41, 5.74) is 0. The van der Waals surface area contributed by atoms with Crippen LogP contribution in [0.3, 0.4) is 0 Å². The second-order valence-electron chi connectivity index (χ2n) is 5.07. The number of hydrogen-bond acceptors (Lipinski definition) is 4. The number of thiazole rings is 1. The molecule has 5 nitrogen and oxygen atoms in total. The molecule has 0 radical (unpaired) electrons. The Morgan fingerprint density at radius 2 is 2.24 bits per heavy atom. The molecule has 1 aliphatic carbocycles. The van der Waals surface area contributed by atoms with E-state index in [0.717, 1.165) is 25.7 Å². The summed E-state index contributed by atoms with van der Waals surface area (Å²) >= 11 is 7.45. The molecule has 1 saturated carbocycles. The van der Waals surface area contributed by atoms with Crippen LogP contribution in [0.5, 0.6) is 0 Å². The summed E-state index contributed by atoms with van der Waals surface area (Å²) in [5.74, 6) is 0. The van der Waals surface area contributed by atoms with Gasteiger partial charge < -0.3 is 0 Å². The Labute approximate surface area is 132 Å². The quantitative estimate of drug-likeness (QED) is 0.782. The molecule has 0 unspecified atom stereocenters. The lowest BCUT2D eigenvalue weighted by atomic mass is 10.2. The van der Waals surface area contributed by atoms with Crippen LogP contribution in [0.1, 0.15) is 25.7 Å². The first-order valence-corrected chi connectivity index (χ1v) is 9.49. The average molecular weight is 346 g/mol. The zero-order valence-electron chi connectivity index (χ0n) is 11.4. The van der Waals surface area contributed by atoms with Crippen LogP contribution in [0, 0.1) is 0 Å². The van der Waals surface area contributed by atoms with Crippen molar-refractivity contribution in [3.8, 4) is 0 Å². The third-order valence-corrected chi connectivity index (χ3v) is 6.85. The summed E-state index contributed by atoms with van der Waals surface area (Å²) in [6.07, 6.45) is 7.19. The minimum atomic E-state index is -3.69. The molecule has 0 atom stereocenters. The van der Waals surface area contributed by atoms with Gasteiger partial charge in [0.2, 0.25) is 0 Å². The zero-order chi connectivity index (χ0) is 15.0. The van der Waals surface area contributed by atoms with Gasteiger partial charge in [-0.2, -0.15) is 4.31 Å². The second-order valence-corrected chi connectivity index (χ2v) is 8.10. The minimum Gasteiger partial charge on any atom is -0.279 e. The molecular weight excluding hydrogens is 330 g/mol. The topological polar surface area (TPSA) is 54.7 Å². The molecule has 1 aliphatic rings. The van der Waals surface area contributed by atoms with Crippen LogP contribution in [0.4, 0.5) is 0 Å². The van der Waals surface area contributed by atoms with E-state index >= 15 is 0 Å². The van der Waals surface area contributed by atoms with Crippen molar-refractivity contribution in [2.24, 2.45) is 0 Å². The molecule has 2 aromatic heterocycles. The van der Waals surface area contributed by atoms with Crippen LogP contribution < -0.4 is 0 Å². The fourth-order valence-electron chi connectivity index (χ4n) is 2.84. The molecular formula is C13H16ClN3O2S2. The van der Waals surface area contributed by atoms with E-state index in [1.165, 1.54) is 15.6 Å². The summed E-state index contributed by atoms with van der Waals surface area (Å²) in [6.45, 7) is 3.97. The van der Waals surface area contributed by atoms with E-state index in [1.807, 2.05) is 0 Å². The zero-order valence-corrected chi connectivity index (χ0v) is 13.8. The highest BCUT2D eigenvalue weighted by molar-refractivity contribution is 7.89. The van der Waals surface area contributed by atoms with Gasteiger partial charge in [0.25, 0.3) is 10.0 Å². The van der Waals surface area contributed by atoms with Crippen molar-refractivity contribution < 1.29 is 8.42 Å². The van der Waals surface area contributed by atoms with E-state index in [-0.39, 0.29) is 16.2 Å². The number of fused-ring (bicyclic) bond motifs is 1. The van der Waals surface area contributed by atoms with Gasteiger partial charge in [-0.1, -0.05) is 30.5 Å². The second kappa shape index (κ2) is 5.72. The van der Waals surface area contributed by atoms with Gasteiger partial charge in [0.15, 0.2) is 15.1 Å². The van der Waals surface area contributed by atoms with Crippen molar-refractivity contribution in [2.45, 2.75) is 36.8 Å². The number of sulfonamides is 1. The molecule has 0 spiro atoms. The van der Waals surface area contributed by atoms with Crippen LogP contribution in [-0.4, -0.2) is 34.7 Å². The number of imidazole rings is 1. The van der Waals surface area contributed by atoms with E-state index in [9.17, 15) is 8.42 Å². The largest absolute Gasteiger partial charge is 0.279 e. The maximum atomic E-state index is 13.0. The van der Waals surface area contributed by atoms with Crippen molar-refractivity contribution in [1.29, 1.82) is 0 Å². The monoisotopic (exact) mass is 345 g/mol. The molecule has 3 rings (SSSR count). The van der Waals surface area contributed by atoms with Gasteiger partial charge in [-0.3, -0.25) is 4.40 Å². The minimum absolute atomic E-state index is 0.0215. The first-order chi connectivity index (χ1) is 10.1. The third kappa shape index (κ3) is 2.52. The number of hydrogen-bond donors (Lipinski definition) is 0. The summed E-state index contributed by atoms with van der Waals surface area (Å²) in [6, 6.07) is 0.0215. The summed E-state index contributed by atoms with van der Waals surface area (Å²) in [7, 11) is -3.69. The SMILES string of the molecule is C=CCN(C1CCCC1)S(=O)(=O)c1c(Cl)nc2sccn12. The lowest BCUT2D eigenvalue weighted by Crippen LogP contribution is -2.39. The highest BCUT2D eigenvalue weighted by Crippen LogP contribution is 2.32. The number of halogens is 1. The predicted molar refractivity (Wildman–Crippen MR) is 84.4 cm³/mol. The van der Waals surface area contributed by atoms with Crippen LogP contribution in [-0.2, 0) is 10.0 Å². The number of rotatable bonds is 5. The highest BCUT2D eigenvalue weighted by Gasteiger charge is 2.36. The van der Waals surface area contributed by atoms with Gasteiger partial charge in [-0.25, -0.2) is 13.4 Å². The summed E-state index contributed by atoms with van der Waals surface area (Å²) in [4.78, 5) is 4.71. The Kier molecular flexibility index (Phi) is 4.09. The molecule has 21 heavy (non-hydrogen) atoms. The first kappa shape index (κ1) is 15.0. The van der Waals surface area contributed by atoms with Gasteiger partial charge in [0.05, 0.1) is 0 Å². The van der Waals surface area contributed by atoms with Crippen molar-refractivity contribution in [1.82, 2.24) is 13.7 Å². The lowest BCUT2D eigenvalue weighted by molar-refractivity contribution is 0.346. The molecule has 1 fully saturated rings. The maximum absolute atomic E-state index is 13.0. The van der Waals surface area contributed by atoms with Crippen LogP contribution in [0.25, 0.3) is 4.96 Å². The molecule has 2 heterocycles. The van der Waals surface area contributed by atoms with Gasteiger partial charge in [-0.05, 0) is 12.8 Å². The van der Waals surface area contributed by atoms with Crippen molar-refractivity contribution in [3.05, 3.63) is 29.4 Å². The van der Waals surface area contributed by atoms with Crippen molar-refractivity contribution in [3.63, 3.8) is 0 Å². The lowest BCUT2D eigenvalue weighted by Gasteiger charge is -2.26. The molecule has 8 heteroatoms. The third-order valence-electron chi connectivity index (χ3n) is 3.77. The Bertz CT molecular complexity index is 760. The molecule has 0 bridgehead atoms. The van der Waals surface area contributed by atoms with E-state index in [0.29, 0.717) is 11.5 Å². The van der Waals surface area contributed by atoms with Crippen molar-refractivity contribution in [2.75, 3.05) is 6.54 Å². The molecule has 0 N–H and O–H groups in total. The number of nitrogens with zero attached hydrogens (tertiary/aromatic N) is 3. The fraction of sp³-hybridized carbons (Fsp3) is 0.462. The molecule has 114 valence electrons. The molecule has 0 saturated heterocycles. The van der Waals surface area contributed by atoms with Gasteiger partial charge >= 0.3 is 0 Å². The Morgan fingerprint density at radius 3 is 2.90 bits per heavy atom. The van der Waals surface area contributed by atoms with Gasteiger partial charge in [0.1, 0.15) is 0 Å². The predicted octanol–water partition coefficient (Wildman–Crippen LogP) is 3.17. The van der Waals surface area contributed by atoms with Crippen LogP contribution >= 0.6 is 22.9 Å². The summed E-state index contributed by atoms with van der Waals surface area (Å²) < 4.78 is 29.1. The normalized spacial score (nSPS) is 17.0. The average Bonchev–Trinajstić information content (AvgIpc) is 3.11. The smallest absolute Gasteiger partial charge is 0.262 e. The first-order valence-electron chi connectivity index (χ1n) is 6.79. The molecule has 0 aromatic carbocycles. The molecule has 0 aliphatic heterocycles. The molecule has 0 amide bonds. The highest BCUT2D eigenvalue weighted by atomic mass is 35.5. The Hall–Kier alpha value is -0.890. The van der Waals surface area contributed by atoms with E-state index in [1.54, 1.807) is 22.1 Å². The Balaban J connectivity index is 2.10. The number of aromatic nitrogens is 2. The fourth-order valence-corrected chi connectivity index (χ4v) is 5.91. The van der Waals surface area contributed by atoms with Crippen LogP contribution in [0.15, 0.2) is 29.3 Å². The van der Waals surface area contributed by atoms with Gasteiger partial charge in [-0.15, -0.1) is 17.9 Å². The maximum Gasteiger partial charge on any atom is 0.262 e. The summed E-state index contributed by atoms with van der Waals surface area (Å²) in [5, 5.41) is 1.90. The molecule has 2 aromatic rings. The standard InChI is InChI=1S/C13H16ClN3O2S2/c1-2-7-17(10-5-3-4-6-10)21(18,19)12-11(14)15-13-16(12)8-9-20-13/h2,8-10H,1,3-7H2.